The summed E-state index contributed by atoms with van der Waals surface area (Å²) in [4.78, 5) is 6.92. The Morgan fingerprint density at radius 1 is 1.37 bits per heavy atom. The number of thioether (sulfide) groups is 1. The third-order valence-electron chi connectivity index (χ3n) is 4.25. The average Bonchev–Trinajstić information content (AvgIpc) is 2.86. The number of guanidine groups is 1. The lowest BCUT2D eigenvalue weighted by atomic mass is 9.82. The summed E-state index contributed by atoms with van der Waals surface area (Å²) < 4.78 is 0. The quantitative estimate of drug-likeness (QED) is 0.363. The van der Waals surface area contributed by atoms with Gasteiger partial charge in [-0.25, -0.2) is 0 Å². The van der Waals surface area contributed by atoms with Crippen molar-refractivity contribution >= 4 is 17.7 Å². The first-order chi connectivity index (χ1) is 9.35. The molecule has 2 unspecified atom stereocenters. The number of nitrogens with zero attached hydrogens (tertiary/aromatic N) is 2. The molecule has 0 bridgehead atoms. The van der Waals surface area contributed by atoms with Gasteiger partial charge in [0.2, 0.25) is 0 Å². The van der Waals surface area contributed by atoms with Gasteiger partial charge in [0, 0.05) is 38.2 Å². The van der Waals surface area contributed by atoms with Crippen molar-refractivity contribution in [1.29, 1.82) is 0 Å². The fourth-order valence-electron chi connectivity index (χ4n) is 3.31. The van der Waals surface area contributed by atoms with E-state index in [1.807, 2.05) is 24.9 Å². The van der Waals surface area contributed by atoms with Crippen LogP contribution in [0.15, 0.2) is 17.6 Å². The fourth-order valence-corrected chi connectivity index (χ4v) is 3.89. The van der Waals surface area contributed by atoms with Gasteiger partial charge >= 0.3 is 0 Å². The smallest absolute Gasteiger partial charge is 0.193 e. The Hall–Kier alpha value is -0.640. The van der Waals surface area contributed by atoms with Crippen LogP contribution in [0.4, 0.5) is 0 Å². The summed E-state index contributed by atoms with van der Waals surface area (Å²) in [5.74, 6) is 5.10. The molecule has 19 heavy (non-hydrogen) atoms. The van der Waals surface area contributed by atoms with E-state index < -0.39 is 0 Å². The van der Waals surface area contributed by atoms with Crippen LogP contribution < -0.4 is 5.32 Å². The maximum atomic E-state index is 4.45. The molecule has 2 fully saturated rings. The number of hydrogen-bond donors (Lipinski definition) is 1. The molecule has 0 amide bonds. The van der Waals surface area contributed by atoms with Crippen LogP contribution in [-0.2, 0) is 0 Å². The zero-order chi connectivity index (χ0) is 13.5. The summed E-state index contributed by atoms with van der Waals surface area (Å²) in [5.41, 5.74) is 0. The Kier molecular flexibility index (Phi) is 6.08. The molecule has 3 nitrogen and oxygen atoms in total. The molecule has 1 N–H and O–H groups in total. The number of aliphatic imine (C=N–C) groups is 1. The molecule has 1 saturated heterocycles. The molecule has 108 valence electrons. The summed E-state index contributed by atoms with van der Waals surface area (Å²) in [5, 5.41) is 3.50. The third kappa shape index (κ3) is 4.16. The molecule has 2 rings (SSSR count). The first kappa shape index (κ1) is 14.8. The number of hydrogen-bond acceptors (Lipinski definition) is 2. The van der Waals surface area contributed by atoms with Crippen LogP contribution in [0.5, 0.6) is 0 Å². The van der Waals surface area contributed by atoms with Crippen molar-refractivity contribution in [3.8, 4) is 0 Å². The summed E-state index contributed by atoms with van der Waals surface area (Å²) in [6.45, 7) is 7.16. The van der Waals surface area contributed by atoms with Crippen LogP contribution in [0.2, 0.25) is 0 Å². The summed E-state index contributed by atoms with van der Waals surface area (Å²) in [7, 11) is 1.90. The zero-order valence-electron chi connectivity index (χ0n) is 12.1. The maximum Gasteiger partial charge on any atom is 0.193 e. The molecule has 2 aliphatic rings. The highest BCUT2D eigenvalue weighted by Crippen LogP contribution is 2.35. The first-order valence-corrected chi connectivity index (χ1v) is 8.65. The second kappa shape index (κ2) is 7.83. The summed E-state index contributed by atoms with van der Waals surface area (Å²) in [6.07, 6.45) is 7.67. The normalized spacial score (nSPS) is 27.2. The van der Waals surface area contributed by atoms with Crippen LogP contribution in [-0.4, -0.2) is 49.0 Å². The van der Waals surface area contributed by atoms with E-state index in [-0.39, 0.29) is 0 Å². The van der Waals surface area contributed by atoms with E-state index in [0.29, 0.717) is 0 Å². The summed E-state index contributed by atoms with van der Waals surface area (Å²) in [6, 6.07) is 0. The molecular weight excluding hydrogens is 254 g/mol. The molecule has 0 spiro atoms. The number of nitrogens with one attached hydrogen (secondary N) is 1. The number of fused-ring (bicyclic) bond motifs is 1. The van der Waals surface area contributed by atoms with Gasteiger partial charge in [0.25, 0.3) is 0 Å². The summed E-state index contributed by atoms with van der Waals surface area (Å²) >= 11 is 1.91. The van der Waals surface area contributed by atoms with Gasteiger partial charge in [0.1, 0.15) is 0 Å². The van der Waals surface area contributed by atoms with Gasteiger partial charge in [-0.15, -0.1) is 6.58 Å². The highest BCUT2D eigenvalue weighted by molar-refractivity contribution is 7.99. The van der Waals surface area contributed by atoms with Crippen LogP contribution in [0.1, 0.15) is 25.7 Å². The monoisotopic (exact) mass is 281 g/mol. The topological polar surface area (TPSA) is 27.6 Å². The van der Waals surface area contributed by atoms with Gasteiger partial charge in [-0.3, -0.25) is 4.99 Å². The Labute approximate surface area is 121 Å². The van der Waals surface area contributed by atoms with Crippen LogP contribution in [0.3, 0.4) is 0 Å². The molecule has 0 radical (unpaired) electrons. The van der Waals surface area contributed by atoms with Crippen LogP contribution in [0, 0.1) is 11.8 Å². The average molecular weight is 281 g/mol. The molecule has 0 aromatic heterocycles. The van der Waals surface area contributed by atoms with E-state index >= 15 is 0 Å². The lowest BCUT2D eigenvalue weighted by molar-refractivity contribution is 0.299. The minimum atomic E-state index is 0.919. The maximum absolute atomic E-state index is 4.45. The first-order valence-electron chi connectivity index (χ1n) is 7.49. The second-order valence-corrected chi connectivity index (χ2v) is 6.70. The van der Waals surface area contributed by atoms with Crippen molar-refractivity contribution in [2.24, 2.45) is 16.8 Å². The largest absolute Gasteiger partial charge is 0.355 e. The molecule has 1 aliphatic carbocycles. The van der Waals surface area contributed by atoms with E-state index in [0.717, 1.165) is 35.8 Å². The van der Waals surface area contributed by atoms with Gasteiger partial charge in [0.05, 0.1) is 0 Å². The van der Waals surface area contributed by atoms with Crippen molar-refractivity contribution in [3.63, 3.8) is 0 Å². The Morgan fingerprint density at radius 2 is 2.05 bits per heavy atom. The molecule has 2 atom stereocenters. The molecular formula is C15H27N3S. The van der Waals surface area contributed by atoms with Crippen molar-refractivity contribution in [1.82, 2.24) is 10.2 Å². The van der Waals surface area contributed by atoms with E-state index in [1.54, 1.807) is 0 Å². The Morgan fingerprint density at radius 3 is 2.63 bits per heavy atom. The highest BCUT2D eigenvalue weighted by atomic mass is 32.2. The molecule has 0 aromatic rings. The lowest BCUT2D eigenvalue weighted by Crippen LogP contribution is -2.41. The van der Waals surface area contributed by atoms with Gasteiger partial charge in [-0.2, -0.15) is 11.8 Å². The van der Waals surface area contributed by atoms with Gasteiger partial charge in [0.15, 0.2) is 5.96 Å². The van der Waals surface area contributed by atoms with Gasteiger partial charge < -0.3 is 10.2 Å². The lowest BCUT2D eigenvalue weighted by Gasteiger charge is -2.22. The van der Waals surface area contributed by atoms with Gasteiger partial charge in [-0.05, 0) is 24.7 Å². The SMILES string of the molecule is C=CCSCCNC(=NC)N1CC2CCCCC2C1. The number of rotatable bonds is 5. The predicted molar refractivity (Wildman–Crippen MR) is 85.9 cm³/mol. The minimum absolute atomic E-state index is 0.919. The standard InChI is InChI=1S/C15H27N3S/c1-3-9-19-10-8-17-15(16-2)18-11-13-6-4-5-7-14(13)12-18/h3,13-14H,1,4-12H2,2H3,(H,16,17). The third-order valence-corrected chi connectivity index (χ3v) is 5.22. The van der Waals surface area contributed by atoms with Crippen molar-refractivity contribution < 1.29 is 0 Å². The van der Waals surface area contributed by atoms with Crippen molar-refractivity contribution in [3.05, 3.63) is 12.7 Å². The second-order valence-electron chi connectivity index (χ2n) is 5.55. The highest BCUT2D eigenvalue weighted by Gasteiger charge is 2.35. The van der Waals surface area contributed by atoms with Crippen molar-refractivity contribution in [2.45, 2.75) is 25.7 Å². The van der Waals surface area contributed by atoms with E-state index in [2.05, 4.69) is 21.8 Å². The minimum Gasteiger partial charge on any atom is -0.355 e. The molecule has 1 saturated carbocycles. The fraction of sp³-hybridized carbons (Fsp3) is 0.800. The number of likely N-dealkylation sites (tertiary alicyclic amines) is 1. The van der Waals surface area contributed by atoms with Crippen molar-refractivity contribution in [2.75, 3.05) is 38.2 Å². The van der Waals surface area contributed by atoms with Crippen LogP contribution in [0.25, 0.3) is 0 Å². The van der Waals surface area contributed by atoms with Crippen LogP contribution >= 0.6 is 11.8 Å². The van der Waals surface area contributed by atoms with E-state index in [4.69, 9.17) is 0 Å². The predicted octanol–water partition coefficient (Wildman–Crippen LogP) is 2.60. The zero-order valence-corrected chi connectivity index (χ0v) is 12.9. The molecule has 0 aromatic carbocycles. The van der Waals surface area contributed by atoms with E-state index in [9.17, 15) is 0 Å². The van der Waals surface area contributed by atoms with E-state index in [1.165, 1.54) is 38.8 Å². The molecule has 4 heteroatoms. The Balaban J connectivity index is 1.74. The Bertz CT molecular complexity index is 303. The molecule has 1 heterocycles. The molecule has 1 aliphatic heterocycles. The van der Waals surface area contributed by atoms with Gasteiger partial charge in [-0.1, -0.05) is 18.9 Å².